The van der Waals surface area contributed by atoms with Gasteiger partial charge >= 0.3 is 18.0 Å². The summed E-state index contributed by atoms with van der Waals surface area (Å²) in [5.74, 6) is -2.70. The van der Waals surface area contributed by atoms with Crippen LogP contribution in [0, 0.1) is 0 Å². The van der Waals surface area contributed by atoms with Crippen LogP contribution in [-0.4, -0.2) is 39.2 Å². The zero-order chi connectivity index (χ0) is 14.7. The fourth-order valence-corrected chi connectivity index (χ4v) is 2.95. The minimum Gasteiger partial charge on any atom is -0.481 e. The van der Waals surface area contributed by atoms with Gasteiger partial charge in [0.2, 0.25) is 0 Å². The van der Waals surface area contributed by atoms with Crippen LogP contribution in [0.1, 0.15) is 23.4 Å². The largest absolute Gasteiger partial charge is 0.481 e. The summed E-state index contributed by atoms with van der Waals surface area (Å²) in [5.41, 5.74) is 0.964. The van der Waals surface area contributed by atoms with Crippen molar-refractivity contribution in [3.05, 3.63) is 10.6 Å². The van der Waals surface area contributed by atoms with E-state index in [2.05, 4.69) is 15.6 Å². The maximum Gasteiger partial charge on any atom is 0.326 e. The summed E-state index contributed by atoms with van der Waals surface area (Å²) in [6.45, 7) is 0. The van der Waals surface area contributed by atoms with E-state index in [4.69, 9.17) is 10.2 Å². The van der Waals surface area contributed by atoms with Crippen molar-refractivity contribution < 1.29 is 24.6 Å². The van der Waals surface area contributed by atoms with Gasteiger partial charge in [0.15, 0.2) is 5.13 Å². The molecule has 108 valence electrons. The van der Waals surface area contributed by atoms with Gasteiger partial charge in [0.1, 0.15) is 6.04 Å². The first-order valence-corrected chi connectivity index (χ1v) is 6.78. The van der Waals surface area contributed by atoms with Crippen LogP contribution in [0.2, 0.25) is 0 Å². The summed E-state index contributed by atoms with van der Waals surface area (Å²) in [6, 6.07) is -2.25. The van der Waals surface area contributed by atoms with E-state index in [1.165, 1.54) is 11.3 Å². The zero-order valence-electron chi connectivity index (χ0n) is 10.4. The normalized spacial score (nSPS) is 14.4. The highest BCUT2D eigenvalue weighted by Crippen LogP contribution is 2.30. The molecule has 9 heteroatoms. The Hall–Kier alpha value is -2.16. The highest BCUT2D eigenvalue weighted by molar-refractivity contribution is 7.15. The van der Waals surface area contributed by atoms with Crippen LogP contribution in [0.25, 0.3) is 0 Å². The van der Waals surface area contributed by atoms with E-state index in [1.807, 2.05) is 0 Å². The summed E-state index contributed by atoms with van der Waals surface area (Å²) >= 11 is 1.35. The SMILES string of the molecule is O=C(O)C[C@H](NC(=O)Nc1nc2c(s1)CCC2)C(=O)O. The number of aromatic nitrogens is 1. The lowest BCUT2D eigenvalue weighted by Crippen LogP contribution is -2.44. The number of carboxylic acid groups (broad SMARTS) is 2. The van der Waals surface area contributed by atoms with Gasteiger partial charge in [0, 0.05) is 4.88 Å². The molecule has 1 heterocycles. The molecule has 1 aliphatic carbocycles. The molecule has 1 atom stereocenters. The molecule has 0 radical (unpaired) electrons. The van der Waals surface area contributed by atoms with Crippen LogP contribution < -0.4 is 10.6 Å². The fourth-order valence-electron chi connectivity index (χ4n) is 1.91. The molecular formula is C11H13N3O5S. The third kappa shape index (κ3) is 3.44. The van der Waals surface area contributed by atoms with E-state index in [-0.39, 0.29) is 0 Å². The standard InChI is InChI=1S/C11H13N3O5S/c15-8(16)4-6(9(17)18)12-10(19)14-11-13-5-2-1-3-7(5)20-11/h6H,1-4H2,(H,15,16)(H,17,18)(H2,12,13,14,19)/t6-/m0/s1. The topological polar surface area (TPSA) is 129 Å². The van der Waals surface area contributed by atoms with Gasteiger partial charge in [-0.2, -0.15) is 0 Å². The van der Waals surface area contributed by atoms with Gasteiger partial charge in [-0.15, -0.1) is 11.3 Å². The Morgan fingerprint density at radius 3 is 2.65 bits per heavy atom. The Kier molecular flexibility index (Phi) is 4.18. The number of carbonyl (C=O) groups excluding carboxylic acids is 1. The quantitative estimate of drug-likeness (QED) is 0.633. The van der Waals surface area contributed by atoms with Crippen molar-refractivity contribution in [2.75, 3.05) is 5.32 Å². The van der Waals surface area contributed by atoms with Gasteiger partial charge < -0.3 is 15.5 Å². The maximum absolute atomic E-state index is 11.6. The Morgan fingerprint density at radius 2 is 2.05 bits per heavy atom. The molecule has 20 heavy (non-hydrogen) atoms. The summed E-state index contributed by atoms with van der Waals surface area (Å²) < 4.78 is 0. The maximum atomic E-state index is 11.6. The van der Waals surface area contributed by atoms with Crippen LogP contribution >= 0.6 is 11.3 Å². The number of rotatable bonds is 5. The van der Waals surface area contributed by atoms with Gasteiger partial charge in [-0.05, 0) is 19.3 Å². The third-order valence-electron chi connectivity index (χ3n) is 2.80. The minimum atomic E-state index is -1.47. The summed E-state index contributed by atoms with van der Waals surface area (Å²) in [5, 5.41) is 22.3. The average Bonchev–Trinajstić information content (AvgIpc) is 2.87. The van der Waals surface area contributed by atoms with E-state index >= 15 is 0 Å². The van der Waals surface area contributed by atoms with Crippen molar-refractivity contribution >= 4 is 34.4 Å². The smallest absolute Gasteiger partial charge is 0.326 e. The highest BCUT2D eigenvalue weighted by atomic mass is 32.1. The molecule has 0 bridgehead atoms. The van der Waals surface area contributed by atoms with Crippen LogP contribution in [0.3, 0.4) is 0 Å². The van der Waals surface area contributed by atoms with Crippen molar-refractivity contribution in [1.82, 2.24) is 10.3 Å². The monoisotopic (exact) mass is 299 g/mol. The molecule has 0 saturated carbocycles. The number of thiazole rings is 1. The second-order valence-corrected chi connectivity index (χ2v) is 5.41. The van der Waals surface area contributed by atoms with Gasteiger partial charge in [0.25, 0.3) is 0 Å². The van der Waals surface area contributed by atoms with Gasteiger partial charge in [-0.25, -0.2) is 14.6 Å². The lowest BCUT2D eigenvalue weighted by atomic mass is 10.2. The number of anilines is 1. The molecule has 4 N–H and O–H groups in total. The van der Waals surface area contributed by atoms with E-state index in [0.29, 0.717) is 5.13 Å². The molecule has 1 aromatic heterocycles. The fraction of sp³-hybridized carbons (Fsp3) is 0.455. The molecule has 0 spiro atoms. The predicted octanol–water partition coefficient (Wildman–Crippen LogP) is 0.681. The number of aryl methyl sites for hydroxylation is 2. The third-order valence-corrected chi connectivity index (χ3v) is 3.87. The van der Waals surface area contributed by atoms with Gasteiger partial charge in [0.05, 0.1) is 12.1 Å². The van der Waals surface area contributed by atoms with Crippen LogP contribution in [0.15, 0.2) is 0 Å². The van der Waals surface area contributed by atoms with E-state index in [9.17, 15) is 14.4 Å². The van der Waals surface area contributed by atoms with Crippen molar-refractivity contribution in [2.45, 2.75) is 31.7 Å². The molecule has 0 fully saturated rings. The molecule has 2 rings (SSSR count). The van der Waals surface area contributed by atoms with Crippen molar-refractivity contribution in [3.63, 3.8) is 0 Å². The van der Waals surface area contributed by atoms with Crippen molar-refractivity contribution in [1.29, 1.82) is 0 Å². The Balaban J connectivity index is 1.93. The Morgan fingerprint density at radius 1 is 1.30 bits per heavy atom. The number of nitrogens with one attached hydrogen (secondary N) is 2. The van der Waals surface area contributed by atoms with Crippen LogP contribution in [-0.2, 0) is 22.4 Å². The molecule has 0 saturated heterocycles. The summed E-state index contributed by atoms with van der Waals surface area (Å²) in [7, 11) is 0. The number of urea groups is 1. The number of hydrogen-bond donors (Lipinski definition) is 4. The molecule has 1 aromatic rings. The van der Waals surface area contributed by atoms with E-state index < -0.39 is 30.4 Å². The molecule has 2 amide bonds. The number of aliphatic carboxylic acids is 2. The first-order valence-electron chi connectivity index (χ1n) is 5.96. The minimum absolute atomic E-state index is 0.395. The molecule has 0 aromatic carbocycles. The Bertz CT molecular complexity index is 535. The number of carboxylic acids is 2. The number of carbonyl (C=O) groups is 3. The first-order chi connectivity index (χ1) is 9.45. The molecular weight excluding hydrogens is 286 g/mol. The van der Waals surface area contributed by atoms with Crippen molar-refractivity contribution in [2.24, 2.45) is 0 Å². The molecule has 1 aliphatic rings. The van der Waals surface area contributed by atoms with Crippen LogP contribution in [0.5, 0.6) is 0 Å². The second kappa shape index (κ2) is 5.87. The number of amides is 2. The highest BCUT2D eigenvalue weighted by Gasteiger charge is 2.24. The number of fused-ring (bicyclic) bond motifs is 1. The number of hydrogen-bond acceptors (Lipinski definition) is 5. The molecule has 0 aliphatic heterocycles. The molecule has 8 nitrogen and oxygen atoms in total. The lowest BCUT2D eigenvalue weighted by Gasteiger charge is -2.12. The lowest BCUT2D eigenvalue weighted by molar-refractivity contribution is -0.145. The van der Waals surface area contributed by atoms with Crippen molar-refractivity contribution in [3.8, 4) is 0 Å². The predicted molar refractivity (Wildman–Crippen MR) is 70.0 cm³/mol. The zero-order valence-corrected chi connectivity index (χ0v) is 11.2. The average molecular weight is 299 g/mol. The summed E-state index contributed by atoms with van der Waals surface area (Å²) in [4.78, 5) is 38.3. The van der Waals surface area contributed by atoms with E-state index in [0.717, 1.165) is 29.8 Å². The summed E-state index contributed by atoms with van der Waals surface area (Å²) in [6.07, 6.45) is 2.19. The second-order valence-electron chi connectivity index (χ2n) is 4.33. The van der Waals surface area contributed by atoms with Gasteiger partial charge in [-0.3, -0.25) is 10.1 Å². The van der Waals surface area contributed by atoms with Crippen LogP contribution in [0.4, 0.5) is 9.93 Å². The van der Waals surface area contributed by atoms with Gasteiger partial charge in [-0.1, -0.05) is 0 Å². The first kappa shape index (κ1) is 14.3. The Labute approximate surface area is 117 Å². The van der Waals surface area contributed by atoms with E-state index in [1.54, 1.807) is 0 Å². The molecule has 0 unspecified atom stereocenters. The number of nitrogens with zero attached hydrogens (tertiary/aromatic N) is 1.